The standard InChI is InChI=1S/C21H16N2O4S/c1-27-15-9-7-13(8-10-15)17-16(18(24)14-5-3-2-4-6-14)19(25)20(26)23(17)21-22-11-12-28-21/h2-12,17,24H,1H3/t17-/m1/s1. The second-order valence-corrected chi connectivity index (χ2v) is 7.00. The van der Waals surface area contributed by atoms with Gasteiger partial charge in [0.1, 0.15) is 11.5 Å². The Morgan fingerprint density at radius 3 is 2.43 bits per heavy atom. The molecule has 0 unspecified atom stereocenters. The number of benzene rings is 2. The van der Waals surface area contributed by atoms with E-state index < -0.39 is 17.7 Å². The highest BCUT2D eigenvalue weighted by molar-refractivity contribution is 7.14. The molecule has 140 valence electrons. The lowest BCUT2D eigenvalue weighted by molar-refractivity contribution is -0.132. The summed E-state index contributed by atoms with van der Waals surface area (Å²) in [6.07, 6.45) is 1.57. The molecule has 0 aliphatic carbocycles. The monoisotopic (exact) mass is 392 g/mol. The zero-order chi connectivity index (χ0) is 19.7. The Kier molecular flexibility index (Phi) is 4.67. The maximum atomic E-state index is 12.9. The van der Waals surface area contributed by atoms with Crippen LogP contribution in [-0.2, 0) is 9.59 Å². The first-order valence-corrected chi connectivity index (χ1v) is 9.39. The van der Waals surface area contributed by atoms with Gasteiger partial charge in [-0.1, -0.05) is 42.5 Å². The van der Waals surface area contributed by atoms with E-state index >= 15 is 0 Å². The van der Waals surface area contributed by atoms with Gasteiger partial charge < -0.3 is 9.84 Å². The summed E-state index contributed by atoms with van der Waals surface area (Å²) in [6.45, 7) is 0. The fourth-order valence-electron chi connectivity index (χ4n) is 3.22. The van der Waals surface area contributed by atoms with Gasteiger partial charge in [-0.2, -0.15) is 0 Å². The molecule has 6 nitrogen and oxygen atoms in total. The van der Waals surface area contributed by atoms with Crippen molar-refractivity contribution in [3.63, 3.8) is 0 Å². The van der Waals surface area contributed by atoms with Crippen LogP contribution in [0.5, 0.6) is 5.75 Å². The Morgan fingerprint density at radius 1 is 1.11 bits per heavy atom. The second-order valence-electron chi connectivity index (χ2n) is 6.12. The Balaban J connectivity index is 1.92. The molecular weight excluding hydrogens is 376 g/mol. The number of carbonyl (C=O) groups is 2. The van der Waals surface area contributed by atoms with E-state index in [1.807, 2.05) is 6.07 Å². The average Bonchev–Trinajstić information content (AvgIpc) is 3.35. The molecule has 1 aliphatic rings. The number of amides is 1. The van der Waals surface area contributed by atoms with E-state index in [0.717, 1.165) is 0 Å². The number of carbonyl (C=O) groups excluding carboxylic acids is 2. The van der Waals surface area contributed by atoms with Crippen molar-refractivity contribution in [1.82, 2.24) is 4.98 Å². The minimum atomic E-state index is -0.780. The normalized spacial score (nSPS) is 18.5. The minimum absolute atomic E-state index is 0.0385. The summed E-state index contributed by atoms with van der Waals surface area (Å²) < 4.78 is 5.20. The number of aromatic nitrogens is 1. The summed E-state index contributed by atoms with van der Waals surface area (Å²) in [5.41, 5.74) is 1.18. The summed E-state index contributed by atoms with van der Waals surface area (Å²) >= 11 is 1.25. The van der Waals surface area contributed by atoms with Crippen LogP contribution in [0.1, 0.15) is 17.2 Å². The number of methoxy groups -OCH3 is 1. The molecule has 1 aromatic heterocycles. The van der Waals surface area contributed by atoms with Crippen molar-refractivity contribution >= 4 is 33.9 Å². The molecule has 0 bridgehead atoms. The molecule has 1 saturated heterocycles. The summed E-state index contributed by atoms with van der Waals surface area (Å²) in [5.74, 6) is -1.01. The molecule has 1 N–H and O–H groups in total. The van der Waals surface area contributed by atoms with Crippen LogP contribution in [0, 0.1) is 0 Å². The van der Waals surface area contributed by atoms with Crippen molar-refractivity contribution in [2.24, 2.45) is 0 Å². The lowest BCUT2D eigenvalue weighted by Crippen LogP contribution is -2.29. The number of hydrogen-bond acceptors (Lipinski definition) is 6. The van der Waals surface area contributed by atoms with Gasteiger partial charge in [-0.3, -0.25) is 14.5 Å². The Bertz CT molecular complexity index is 1040. The maximum absolute atomic E-state index is 12.9. The van der Waals surface area contributed by atoms with Crippen molar-refractivity contribution in [2.75, 3.05) is 12.0 Å². The van der Waals surface area contributed by atoms with Crippen LogP contribution in [0.3, 0.4) is 0 Å². The second kappa shape index (κ2) is 7.28. The van der Waals surface area contributed by atoms with Crippen LogP contribution in [-0.4, -0.2) is 28.9 Å². The van der Waals surface area contributed by atoms with E-state index in [1.54, 1.807) is 67.2 Å². The van der Waals surface area contributed by atoms with Crippen molar-refractivity contribution in [1.29, 1.82) is 0 Å². The number of anilines is 1. The first-order valence-electron chi connectivity index (χ1n) is 8.51. The number of nitrogens with zero attached hydrogens (tertiary/aromatic N) is 2. The number of hydrogen-bond donors (Lipinski definition) is 1. The van der Waals surface area contributed by atoms with Crippen molar-refractivity contribution in [3.05, 3.63) is 82.9 Å². The third-order valence-electron chi connectivity index (χ3n) is 4.55. The summed E-state index contributed by atoms with van der Waals surface area (Å²) in [6, 6.07) is 15.0. The molecule has 0 saturated carbocycles. The third kappa shape index (κ3) is 2.95. The van der Waals surface area contributed by atoms with Crippen molar-refractivity contribution in [2.45, 2.75) is 6.04 Å². The van der Waals surface area contributed by atoms with Gasteiger partial charge in [-0.05, 0) is 17.7 Å². The highest BCUT2D eigenvalue weighted by Crippen LogP contribution is 2.42. The molecule has 1 atom stereocenters. The molecule has 4 rings (SSSR count). The van der Waals surface area contributed by atoms with Gasteiger partial charge in [0.15, 0.2) is 5.13 Å². The zero-order valence-electron chi connectivity index (χ0n) is 14.9. The molecule has 1 amide bonds. The summed E-state index contributed by atoms with van der Waals surface area (Å²) in [7, 11) is 1.56. The molecule has 28 heavy (non-hydrogen) atoms. The van der Waals surface area contributed by atoms with Gasteiger partial charge in [0, 0.05) is 17.1 Å². The van der Waals surface area contributed by atoms with E-state index in [2.05, 4.69) is 4.98 Å². The minimum Gasteiger partial charge on any atom is -0.507 e. The van der Waals surface area contributed by atoms with Gasteiger partial charge >= 0.3 is 5.91 Å². The van der Waals surface area contributed by atoms with Gasteiger partial charge in [0.05, 0.1) is 18.7 Å². The van der Waals surface area contributed by atoms with E-state index in [9.17, 15) is 14.7 Å². The summed E-state index contributed by atoms with van der Waals surface area (Å²) in [5, 5.41) is 13.0. The van der Waals surface area contributed by atoms with Crippen molar-refractivity contribution < 1.29 is 19.4 Å². The molecule has 3 aromatic rings. The molecule has 2 aromatic carbocycles. The molecular formula is C21H16N2O4S. The highest BCUT2D eigenvalue weighted by atomic mass is 32.1. The number of Topliss-reactive ketones (excluding diaryl/α,β-unsaturated/α-hetero) is 1. The van der Waals surface area contributed by atoms with Crippen LogP contribution in [0.2, 0.25) is 0 Å². The Hall–Kier alpha value is -3.45. The SMILES string of the molecule is COc1ccc([C@@H]2C(=C(O)c3ccccc3)C(=O)C(=O)N2c2nccs2)cc1. The van der Waals surface area contributed by atoms with Crippen LogP contribution in [0.15, 0.2) is 71.7 Å². The number of ether oxygens (including phenoxy) is 1. The number of ketones is 1. The van der Waals surface area contributed by atoms with E-state index in [0.29, 0.717) is 22.0 Å². The Morgan fingerprint density at radius 2 is 1.82 bits per heavy atom. The number of rotatable bonds is 4. The molecule has 2 heterocycles. The largest absolute Gasteiger partial charge is 0.507 e. The molecule has 0 spiro atoms. The lowest BCUT2D eigenvalue weighted by Gasteiger charge is -2.23. The predicted octanol–water partition coefficient (Wildman–Crippen LogP) is 3.78. The first-order chi connectivity index (χ1) is 13.6. The van der Waals surface area contributed by atoms with Gasteiger partial charge in [0.2, 0.25) is 0 Å². The van der Waals surface area contributed by atoms with E-state index in [-0.39, 0.29) is 11.3 Å². The van der Waals surface area contributed by atoms with Crippen LogP contribution in [0.25, 0.3) is 5.76 Å². The third-order valence-corrected chi connectivity index (χ3v) is 5.32. The number of aliphatic hydroxyl groups is 1. The molecule has 7 heteroatoms. The Labute approximate surface area is 165 Å². The molecule has 0 radical (unpaired) electrons. The van der Waals surface area contributed by atoms with E-state index in [4.69, 9.17) is 4.74 Å². The first kappa shape index (κ1) is 17.9. The van der Waals surface area contributed by atoms with Crippen LogP contribution >= 0.6 is 11.3 Å². The van der Waals surface area contributed by atoms with E-state index in [1.165, 1.54) is 16.2 Å². The summed E-state index contributed by atoms with van der Waals surface area (Å²) in [4.78, 5) is 31.2. The van der Waals surface area contributed by atoms with Gasteiger partial charge in [-0.15, -0.1) is 11.3 Å². The lowest BCUT2D eigenvalue weighted by atomic mass is 9.95. The topological polar surface area (TPSA) is 79.7 Å². The quantitative estimate of drug-likeness (QED) is 0.415. The highest BCUT2D eigenvalue weighted by Gasteiger charge is 2.47. The van der Waals surface area contributed by atoms with Gasteiger partial charge in [0.25, 0.3) is 5.78 Å². The fourth-order valence-corrected chi connectivity index (χ4v) is 3.88. The van der Waals surface area contributed by atoms with Crippen LogP contribution < -0.4 is 9.64 Å². The molecule has 1 fully saturated rings. The maximum Gasteiger partial charge on any atom is 0.301 e. The molecule has 1 aliphatic heterocycles. The smallest absolute Gasteiger partial charge is 0.301 e. The average molecular weight is 392 g/mol. The number of thiazole rings is 1. The van der Waals surface area contributed by atoms with Gasteiger partial charge in [-0.25, -0.2) is 4.98 Å². The van der Waals surface area contributed by atoms with Crippen LogP contribution in [0.4, 0.5) is 5.13 Å². The predicted molar refractivity (Wildman–Crippen MR) is 106 cm³/mol. The number of aliphatic hydroxyl groups excluding tert-OH is 1. The fraction of sp³-hybridized carbons (Fsp3) is 0.0952. The zero-order valence-corrected chi connectivity index (χ0v) is 15.7. The van der Waals surface area contributed by atoms with Crippen molar-refractivity contribution in [3.8, 4) is 5.75 Å².